The van der Waals surface area contributed by atoms with E-state index in [1.807, 2.05) is 0 Å². The highest BCUT2D eigenvalue weighted by Gasteiger charge is 2.62. The highest BCUT2D eigenvalue weighted by Crippen LogP contribution is 2.48. The highest BCUT2D eigenvalue weighted by atomic mass is 19.1. The SMILES string of the molecule is COC(=O)[C@@]1(CC(=O)N2CCC(C)CC2)C(=O)C[C@H]2CC[C@@H]1N2Cc1ccc(F)cc1. The number of piperidine rings is 2. The van der Waals surface area contributed by atoms with Gasteiger partial charge >= 0.3 is 5.97 Å². The third-order valence-electron chi connectivity index (χ3n) is 7.52. The topological polar surface area (TPSA) is 66.9 Å². The Kier molecular flexibility index (Phi) is 6.15. The van der Waals surface area contributed by atoms with Crippen LogP contribution in [0.4, 0.5) is 4.39 Å². The first kappa shape index (κ1) is 21.9. The zero-order valence-corrected chi connectivity index (χ0v) is 18.3. The molecule has 0 unspecified atom stereocenters. The smallest absolute Gasteiger partial charge is 0.321 e. The van der Waals surface area contributed by atoms with Crippen molar-refractivity contribution in [3.8, 4) is 0 Å². The molecule has 3 atom stereocenters. The largest absolute Gasteiger partial charge is 0.468 e. The van der Waals surface area contributed by atoms with Gasteiger partial charge in [-0.05, 0) is 49.3 Å². The number of methoxy groups -OCH3 is 1. The van der Waals surface area contributed by atoms with E-state index in [1.165, 1.54) is 19.2 Å². The molecule has 0 saturated carbocycles. The number of hydrogen-bond donors (Lipinski definition) is 0. The fourth-order valence-corrected chi connectivity index (χ4v) is 5.64. The molecule has 7 heteroatoms. The van der Waals surface area contributed by atoms with Crippen molar-refractivity contribution in [1.29, 1.82) is 0 Å². The van der Waals surface area contributed by atoms with Gasteiger partial charge in [-0.15, -0.1) is 0 Å². The Morgan fingerprint density at radius 1 is 1.13 bits per heavy atom. The molecule has 0 radical (unpaired) electrons. The van der Waals surface area contributed by atoms with Gasteiger partial charge in [-0.3, -0.25) is 19.3 Å². The first-order valence-corrected chi connectivity index (χ1v) is 11.2. The summed E-state index contributed by atoms with van der Waals surface area (Å²) in [6, 6.07) is 5.94. The third-order valence-corrected chi connectivity index (χ3v) is 7.52. The maximum Gasteiger partial charge on any atom is 0.321 e. The van der Waals surface area contributed by atoms with Crippen molar-refractivity contribution in [3.63, 3.8) is 0 Å². The molecule has 6 nitrogen and oxygen atoms in total. The molecular formula is C24H31FN2O4. The molecule has 0 aliphatic carbocycles. The summed E-state index contributed by atoms with van der Waals surface area (Å²) in [7, 11) is 1.29. The lowest BCUT2D eigenvalue weighted by Crippen LogP contribution is -2.61. The summed E-state index contributed by atoms with van der Waals surface area (Å²) in [5.41, 5.74) is -0.551. The fourth-order valence-electron chi connectivity index (χ4n) is 5.64. The summed E-state index contributed by atoms with van der Waals surface area (Å²) in [5.74, 6) is -0.646. The van der Waals surface area contributed by atoms with E-state index in [-0.39, 0.29) is 42.4 Å². The van der Waals surface area contributed by atoms with Crippen molar-refractivity contribution in [2.24, 2.45) is 11.3 Å². The number of rotatable bonds is 5. The van der Waals surface area contributed by atoms with Crippen molar-refractivity contribution in [3.05, 3.63) is 35.6 Å². The van der Waals surface area contributed by atoms with Crippen LogP contribution >= 0.6 is 0 Å². The predicted molar refractivity (Wildman–Crippen MR) is 112 cm³/mol. The number of nitrogens with zero attached hydrogens (tertiary/aromatic N) is 2. The molecule has 1 aromatic rings. The normalized spacial score (nSPS) is 29.3. The summed E-state index contributed by atoms with van der Waals surface area (Å²) < 4.78 is 18.5. The molecule has 3 fully saturated rings. The molecule has 0 spiro atoms. The van der Waals surface area contributed by atoms with Crippen LogP contribution in [0.2, 0.25) is 0 Å². The van der Waals surface area contributed by atoms with E-state index in [4.69, 9.17) is 4.74 Å². The van der Waals surface area contributed by atoms with Gasteiger partial charge in [0.1, 0.15) is 5.82 Å². The van der Waals surface area contributed by atoms with Crippen molar-refractivity contribution in [2.45, 2.75) is 64.1 Å². The van der Waals surface area contributed by atoms with Gasteiger partial charge in [0.15, 0.2) is 11.2 Å². The minimum Gasteiger partial charge on any atom is -0.468 e. The van der Waals surface area contributed by atoms with Crippen LogP contribution < -0.4 is 0 Å². The van der Waals surface area contributed by atoms with Crippen LogP contribution in [0, 0.1) is 17.2 Å². The number of fused-ring (bicyclic) bond motifs is 2. The van der Waals surface area contributed by atoms with Crippen LogP contribution in [0.15, 0.2) is 24.3 Å². The van der Waals surface area contributed by atoms with Crippen molar-refractivity contribution >= 4 is 17.7 Å². The monoisotopic (exact) mass is 430 g/mol. The van der Waals surface area contributed by atoms with E-state index >= 15 is 0 Å². The fraction of sp³-hybridized carbons (Fsp3) is 0.625. The van der Waals surface area contributed by atoms with Crippen molar-refractivity contribution < 1.29 is 23.5 Å². The lowest BCUT2D eigenvalue weighted by atomic mass is 9.69. The molecule has 4 rings (SSSR count). The Morgan fingerprint density at radius 3 is 2.45 bits per heavy atom. The summed E-state index contributed by atoms with van der Waals surface area (Å²) in [4.78, 5) is 43.6. The zero-order valence-electron chi connectivity index (χ0n) is 18.3. The van der Waals surface area contributed by atoms with E-state index in [9.17, 15) is 18.8 Å². The van der Waals surface area contributed by atoms with Crippen LogP contribution in [0.3, 0.4) is 0 Å². The number of ether oxygens (including phenoxy) is 1. The molecule has 3 aliphatic heterocycles. The summed E-state index contributed by atoms with van der Waals surface area (Å²) in [6.45, 7) is 4.02. The Hall–Kier alpha value is -2.28. The van der Waals surface area contributed by atoms with E-state index in [0.717, 1.165) is 24.8 Å². The van der Waals surface area contributed by atoms with Gasteiger partial charge in [0.25, 0.3) is 0 Å². The van der Waals surface area contributed by atoms with E-state index in [1.54, 1.807) is 17.0 Å². The molecule has 2 bridgehead atoms. The van der Waals surface area contributed by atoms with Crippen LogP contribution in [-0.4, -0.2) is 59.7 Å². The first-order chi connectivity index (χ1) is 14.8. The van der Waals surface area contributed by atoms with E-state index in [2.05, 4.69) is 11.8 Å². The number of likely N-dealkylation sites (tertiary alicyclic amines) is 1. The Labute approximate surface area is 182 Å². The highest BCUT2D eigenvalue weighted by molar-refractivity contribution is 6.08. The quantitative estimate of drug-likeness (QED) is 0.531. The lowest BCUT2D eigenvalue weighted by Gasteiger charge is -2.46. The molecule has 3 aliphatic rings. The number of carbonyl (C=O) groups is 3. The van der Waals surface area contributed by atoms with Gasteiger partial charge in [0.05, 0.1) is 13.5 Å². The molecule has 168 valence electrons. The molecule has 3 heterocycles. The number of hydrogen-bond acceptors (Lipinski definition) is 5. The van der Waals surface area contributed by atoms with E-state index < -0.39 is 11.4 Å². The van der Waals surface area contributed by atoms with Gasteiger partial charge in [-0.25, -0.2) is 4.39 Å². The number of esters is 1. The molecule has 0 N–H and O–H groups in total. The Morgan fingerprint density at radius 2 is 1.81 bits per heavy atom. The second kappa shape index (κ2) is 8.69. The molecular weight excluding hydrogens is 399 g/mol. The van der Waals surface area contributed by atoms with Gasteiger partial charge in [0.2, 0.25) is 5.91 Å². The van der Waals surface area contributed by atoms with Crippen LogP contribution in [-0.2, 0) is 25.7 Å². The Bertz CT molecular complexity index is 850. The van der Waals surface area contributed by atoms with Gasteiger partial charge < -0.3 is 9.64 Å². The maximum absolute atomic E-state index is 13.3. The second-order valence-corrected chi connectivity index (χ2v) is 9.38. The summed E-state index contributed by atoms with van der Waals surface area (Å²) in [6.07, 6.45) is 3.43. The third kappa shape index (κ3) is 4.00. The Balaban J connectivity index is 1.61. The zero-order chi connectivity index (χ0) is 22.2. The van der Waals surface area contributed by atoms with Crippen molar-refractivity contribution in [2.75, 3.05) is 20.2 Å². The first-order valence-electron chi connectivity index (χ1n) is 11.2. The average Bonchev–Trinajstić information content (AvgIpc) is 3.08. The summed E-state index contributed by atoms with van der Waals surface area (Å²) >= 11 is 0. The number of benzene rings is 1. The molecule has 0 aromatic heterocycles. The van der Waals surface area contributed by atoms with Crippen LogP contribution in [0.1, 0.15) is 51.0 Å². The van der Waals surface area contributed by atoms with Gasteiger partial charge in [-0.1, -0.05) is 19.1 Å². The number of amides is 1. The molecule has 3 saturated heterocycles. The second-order valence-electron chi connectivity index (χ2n) is 9.38. The number of halogens is 1. The number of carbonyl (C=O) groups excluding carboxylic acids is 3. The number of Topliss-reactive ketones (excluding diaryl/α,β-unsaturated/α-hetero) is 1. The van der Waals surface area contributed by atoms with Gasteiger partial charge in [0, 0.05) is 38.1 Å². The van der Waals surface area contributed by atoms with Gasteiger partial charge in [-0.2, -0.15) is 0 Å². The number of ketones is 1. The van der Waals surface area contributed by atoms with Crippen LogP contribution in [0.25, 0.3) is 0 Å². The summed E-state index contributed by atoms with van der Waals surface area (Å²) in [5, 5.41) is 0. The average molecular weight is 431 g/mol. The minimum absolute atomic E-state index is 0.0336. The molecule has 1 amide bonds. The van der Waals surface area contributed by atoms with Crippen molar-refractivity contribution in [1.82, 2.24) is 9.80 Å². The molecule has 31 heavy (non-hydrogen) atoms. The maximum atomic E-state index is 13.3. The predicted octanol–water partition coefficient (Wildman–Crippen LogP) is 2.94. The minimum atomic E-state index is -1.47. The standard InChI is InChI=1S/C24H31FN2O4/c1-16-9-11-26(12-10-16)22(29)14-24(23(30)31-2)20-8-7-19(13-21(24)28)27(20)15-17-3-5-18(25)6-4-17/h3-6,16,19-20H,7-15H2,1-2H3/t19-,20+,24-/m1/s1. The molecule has 1 aromatic carbocycles. The van der Waals surface area contributed by atoms with E-state index in [0.29, 0.717) is 32.0 Å². The lowest BCUT2D eigenvalue weighted by molar-refractivity contribution is -0.171. The van der Waals surface area contributed by atoms with Crippen LogP contribution in [0.5, 0.6) is 0 Å².